The summed E-state index contributed by atoms with van der Waals surface area (Å²) in [5, 5.41) is 21.2. The average molecular weight is 760 g/mol. The molecular weight excluding hydrogens is 730 g/mol. The summed E-state index contributed by atoms with van der Waals surface area (Å²) in [5.74, 6) is 2.26. The summed E-state index contributed by atoms with van der Waals surface area (Å²) in [4.78, 5) is 11.9. The van der Waals surface area contributed by atoms with Gasteiger partial charge in [0.05, 0.1) is 12.2 Å². The predicted molar refractivity (Wildman–Crippen MR) is 84.1 cm³/mol. The smallest absolute Gasteiger partial charge is 0.133 e. The number of hydrogen-bond donors (Lipinski definition) is 2. The Hall–Kier alpha value is 2.47. The van der Waals surface area contributed by atoms with Gasteiger partial charge in [0.15, 0.2) is 0 Å². The first-order chi connectivity index (χ1) is 10.4. The third-order valence-corrected chi connectivity index (χ3v) is 8.45. The van der Waals surface area contributed by atoms with E-state index in [9.17, 15) is 15.0 Å². The third kappa shape index (κ3) is 3.35. The van der Waals surface area contributed by atoms with E-state index in [1.807, 2.05) is 0 Å². The molecule has 8 atom stereocenters. The molecule has 4 saturated carbocycles. The van der Waals surface area contributed by atoms with E-state index in [0.717, 1.165) is 32.1 Å². The summed E-state index contributed by atoms with van der Waals surface area (Å²) in [6.07, 6.45) is 6.95. The molecule has 0 bridgehead atoms. The van der Waals surface area contributed by atoms with Crippen molar-refractivity contribution in [3.05, 3.63) is 0 Å². The van der Waals surface area contributed by atoms with Crippen LogP contribution in [0.5, 0.6) is 0 Å². The monoisotopic (exact) mass is 760 g/mol. The molecule has 4 aliphatic rings. The second-order valence-electron chi connectivity index (χ2n) is 9.17. The first kappa shape index (κ1) is 22.8. The Morgan fingerprint density at radius 2 is 1.58 bits per heavy atom. The van der Waals surface area contributed by atoms with Gasteiger partial charge in [-0.2, -0.15) is 0 Å². The van der Waals surface area contributed by atoms with E-state index in [2.05, 4.69) is 13.8 Å². The molecule has 130 valence electrons. The van der Waals surface area contributed by atoms with E-state index in [-0.39, 0.29) is 117 Å². The quantitative estimate of drug-likeness (QED) is 0.400. The molecule has 6 unspecified atom stereocenters. The number of aliphatic hydroxyl groups excluding tert-OH is 2. The van der Waals surface area contributed by atoms with Crippen LogP contribution in [0.2, 0.25) is 0 Å². The number of carbonyl (C=O) groups excluding carboxylic acids is 1. The zero-order valence-corrected chi connectivity index (χ0v) is 24.6. The van der Waals surface area contributed by atoms with Gasteiger partial charge in [0, 0.05) is 101 Å². The minimum atomic E-state index is -0.324. The first-order valence-electron chi connectivity index (χ1n) is 9.24. The van der Waals surface area contributed by atoms with Gasteiger partial charge in [0.25, 0.3) is 0 Å². The van der Waals surface area contributed by atoms with Gasteiger partial charge in [-0.25, -0.2) is 0 Å². The molecule has 0 aromatic heterocycles. The Morgan fingerprint density at radius 3 is 2.29 bits per heavy atom. The van der Waals surface area contributed by atoms with Crippen molar-refractivity contribution in [3.63, 3.8) is 0 Å². The van der Waals surface area contributed by atoms with Crippen molar-refractivity contribution in [2.75, 3.05) is 0 Å². The normalized spacial score (nSPS) is 53.1. The first-order valence-corrected chi connectivity index (χ1v) is 9.24. The van der Waals surface area contributed by atoms with E-state index in [0.29, 0.717) is 36.4 Å². The SMILES string of the molecule is C[C@]12CCC(=O)CC1C(O)CC1C2CC[C@]2(C)C(O)CCC12.[Ac].[Ac]. The van der Waals surface area contributed by atoms with E-state index in [4.69, 9.17) is 0 Å². The van der Waals surface area contributed by atoms with Gasteiger partial charge in [-0.05, 0) is 73.0 Å². The fourth-order valence-corrected chi connectivity index (χ4v) is 7.06. The molecule has 0 saturated heterocycles. The van der Waals surface area contributed by atoms with Crippen LogP contribution in [0.25, 0.3) is 0 Å². The fourth-order valence-electron chi connectivity index (χ4n) is 7.06. The van der Waals surface area contributed by atoms with Gasteiger partial charge in [0.1, 0.15) is 5.78 Å². The summed E-state index contributed by atoms with van der Waals surface area (Å²) in [7, 11) is 0. The molecule has 3 nitrogen and oxygen atoms in total. The van der Waals surface area contributed by atoms with Crippen LogP contribution in [0.4, 0.5) is 0 Å². The van der Waals surface area contributed by atoms with Gasteiger partial charge in [-0.15, -0.1) is 0 Å². The molecule has 2 radical (unpaired) electrons. The number of carbonyl (C=O) groups is 1. The van der Waals surface area contributed by atoms with Crippen LogP contribution in [0, 0.1) is 123 Å². The Bertz CT molecular complexity index is 499. The summed E-state index contributed by atoms with van der Waals surface area (Å²) in [6, 6.07) is 0. The molecule has 0 heterocycles. The van der Waals surface area contributed by atoms with Crippen LogP contribution in [0.15, 0.2) is 0 Å². The van der Waals surface area contributed by atoms with Crippen LogP contribution < -0.4 is 0 Å². The van der Waals surface area contributed by atoms with Crippen LogP contribution >= 0.6 is 0 Å². The van der Waals surface area contributed by atoms with E-state index >= 15 is 0 Å². The molecule has 0 aromatic rings. The zero-order valence-electron chi connectivity index (χ0n) is 15.1. The van der Waals surface area contributed by atoms with Gasteiger partial charge in [-0.1, -0.05) is 13.8 Å². The van der Waals surface area contributed by atoms with Crippen molar-refractivity contribution in [3.8, 4) is 0 Å². The second-order valence-corrected chi connectivity index (χ2v) is 9.17. The molecule has 5 heteroatoms. The minimum Gasteiger partial charge on any atom is -0.393 e. The maximum atomic E-state index is 11.9. The van der Waals surface area contributed by atoms with Gasteiger partial charge >= 0.3 is 0 Å². The maximum Gasteiger partial charge on any atom is 0.133 e. The molecule has 4 rings (SSSR count). The summed E-state index contributed by atoms with van der Waals surface area (Å²) >= 11 is 0. The van der Waals surface area contributed by atoms with Crippen LogP contribution in [0.3, 0.4) is 0 Å². The second kappa shape index (κ2) is 8.07. The third-order valence-electron chi connectivity index (χ3n) is 8.45. The van der Waals surface area contributed by atoms with Gasteiger partial charge in [0.2, 0.25) is 0 Å². The largest absolute Gasteiger partial charge is 0.393 e. The molecule has 24 heavy (non-hydrogen) atoms. The number of Topliss-reactive ketones (excluding diaryl/α,β-unsaturated/α-hetero) is 1. The molecule has 0 aromatic carbocycles. The maximum absolute atomic E-state index is 11.9. The Morgan fingerprint density at radius 1 is 0.917 bits per heavy atom. The summed E-state index contributed by atoms with van der Waals surface area (Å²) in [5.41, 5.74) is 0.194. The van der Waals surface area contributed by atoms with Crippen LogP contribution in [-0.4, -0.2) is 28.2 Å². The molecule has 4 aliphatic carbocycles. The molecule has 2 N–H and O–H groups in total. The Kier molecular flexibility index (Phi) is 7.66. The average Bonchev–Trinajstić information content (AvgIpc) is 2.77. The standard InChI is InChI=1S/C19H30O3.2Ac/c1-18-7-5-11(20)9-15(18)16(21)10-12-13-3-4-17(22)19(13,2)8-6-14(12)18;;/h12-17,21-22H,3-10H2,1-2H3;;/t12?,13?,14?,15?,16?,17?,18-,19+;;/m1../s1. The molecule has 0 aliphatic heterocycles. The van der Waals surface area contributed by atoms with Crippen molar-refractivity contribution in [2.45, 2.75) is 77.4 Å². The zero-order chi connectivity index (χ0) is 15.7. The van der Waals surface area contributed by atoms with Crippen molar-refractivity contribution >= 4 is 5.78 Å². The number of fused-ring (bicyclic) bond motifs is 5. The van der Waals surface area contributed by atoms with Crippen LogP contribution in [-0.2, 0) is 4.79 Å². The number of hydrogen-bond acceptors (Lipinski definition) is 3. The molecule has 4 fully saturated rings. The number of aliphatic hydroxyl groups is 2. The van der Waals surface area contributed by atoms with E-state index in [1.54, 1.807) is 0 Å². The predicted octanol–water partition coefficient (Wildman–Crippen LogP) is 2.93. The topological polar surface area (TPSA) is 57.5 Å². The molecular formula is C19H30Ac2O3. The fraction of sp³-hybridized carbons (Fsp3) is 0.947. The van der Waals surface area contributed by atoms with Crippen LogP contribution in [0.1, 0.15) is 65.2 Å². The summed E-state index contributed by atoms with van der Waals surface area (Å²) in [6.45, 7) is 4.62. The summed E-state index contributed by atoms with van der Waals surface area (Å²) < 4.78 is 0. The van der Waals surface area contributed by atoms with Gasteiger partial charge < -0.3 is 10.2 Å². The number of rotatable bonds is 0. The van der Waals surface area contributed by atoms with E-state index < -0.39 is 0 Å². The van der Waals surface area contributed by atoms with Crippen molar-refractivity contribution in [1.82, 2.24) is 0 Å². The van der Waals surface area contributed by atoms with Crippen molar-refractivity contribution < 1.29 is 103 Å². The van der Waals surface area contributed by atoms with Crippen molar-refractivity contribution in [2.24, 2.45) is 34.5 Å². The van der Waals surface area contributed by atoms with E-state index in [1.165, 1.54) is 6.42 Å². The minimum absolute atomic E-state index is 0. The molecule has 0 spiro atoms. The number of ketones is 1. The molecule has 0 amide bonds. The Labute approximate surface area is 217 Å². The van der Waals surface area contributed by atoms with Crippen molar-refractivity contribution in [1.29, 1.82) is 0 Å². The Balaban J connectivity index is 0.00000104. The van der Waals surface area contributed by atoms with Gasteiger partial charge in [-0.3, -0.25) is 4.79 Å².